The summed E-state index contributed by atoms with van der Waals surface area (Å²) in [6.45, 7) is 3.70. The van der Waals surface area contributed by atoms with Crippen molar-refractivity contribution in [3.8, 4) is 0 Å². The standard InChI is InChI=1S/C14H19NO4S/c1-3-10-4-7-12(14(16)17)8-13(10)20(18,19)15-9(2)11-5-6-11/h4,7-9,11,15H,3,5-6H2,1-2H3,(H,16,17). The molecule has 1 aromatic carbocycles. The Morgan fingerprint density at radius 3 is 2.60 bits per heavy atom. The molecule has 20 heavy (non-hydrogen) atoms. The highest BCUT2D eigenvalue weighted by Crippen LogP contribution is 2.33. The van der Waals surface area contributed by atoms with Gasteiger partial charge in [-0.05, 0) is 49.8 Å². The Morgan fingerprint density at radius 1 is 1.45 bits per heavy atom. The fourth-order valence-corrected chi connectivity index (χ4v) is 3.88. The smallest absolute Gasteiger partial charge is 0.335 e. The highest BCUT2D eigenvalue weighted by molar-refractivity contribution is 7.89. The zero-order valence-corrected chi connectivity index (χ0v) is 12.4. The number of hydrogen-bond acceptors (Lipinski definition) is 3. The van der Waals surface area contributed by atoms with Gasteiger partial charge < -0.3 is 5.11 Å². The summed E-state index contributed by atoms with van der Waals surface area (Å²) >= 11 is 0. The second-order valence-electron chi connectivity index (χ2n) is 5.23. The minimum Gasteiger partial charge on any atom is -0.478 e. The first kappa shape index (κ1) is 15.0. The van der Waals surface area contributed by atoms with Crippen molar-refractivity contribution in [3.63, 3.8) is 0 Å². The summed E-state index contributed by atoms with van der Waals surface area (Å²) in [6, 6.07) is 4.13. The Kier molecular flexibility index (Phi) is 4.15. The van der Waals surface area contributed by atoms with Crippen LogP contribution in [0.4, 0.5) is 0 Å². The molecule has 0 amide bonds. The summed E-state index contributed by atoms with van der Waals surface area (Å²) in [5.74, 6) is -0.725. The van der Waals surface area contributed by atoms with E-state index in [1.807, 2.05) is 13.8 Å². The third kappa shape index (κ3) is 3.19. The normalized spacial score (nSPS) is 16.9. The summed E-state index contributed by atoms with van der Waals surface area (Å²) in [6.07, 6.45) is 2.62. The van der Waals surface area contributed by atoms with E-state index in [1.165, 1.54) is 12.1 Å². The fraction of sp³-hybridized carbons (Fsp3) is 0.500. The zero-order valence-electron chi connectivity index (χ0n) is 11.6. The highest BCUT2D eigenvalue weighted by atomic mass is 32.2. The van der Waals surface area contributed by atoms with E-state index in [0.717, 1.165) is 12.8 Å². The number of nitrogens with one attached hydrogen (secondary N) is 1. The molecule has 1 aliphatic rings. The summed E-state index contributed by atoms with van der Waals surface area (Å²) in [5.41, 5.74) is 0.618. The summed E-state index contributed by atoms with van der Waals surface area (Å²) in [7, 11) is -3.68. The molecule has 0 aromatic heterocycles. The number of sulfonamides is 1. The van der Waals surface area contributed by atoms with Gasteiger partial charge in [-0.25, -0.2) is 17.9 Å². The molecule has 0 heterocycles. The molecule has 110 valence electrons. The van der Waals surface area contributed by atoms with Crippen LogP contribution >= 0.6 is 0 Å². The van der Waals surface area contributed by atoms with Gasteiger partial charge in [-0.2, -0.15) is 0 Å². The summed E-state index contributed by atoms with van der Waals surface area (Å²) in [5, 5.41) is 9.00. The molecule has 1 fully saturated rings. The molecule has 0 saturated heterocycles. The van der Waals surface area contributed by atoms with Gasteiger partial charge in [0.05, 0.1) is 10.5 Å². The molecule has 2 rings (SSSR count). The molecule has 1 aromatic rings. The minimum atomic E-state index is -3.68. The number of hydrogen-bond donors (Lipinski definition) is 2. The van der Waals surface area contributed by atoms with E-state index in [9.17, 15) is 13.2 Å². The topological polar surface area (TPSA) is 83.5 Å². The summed E-state index contributed by atoms with van der Waals surface area (Å²) in [4.78, 5) is 11.1. The van der Waals surface area contributed by atoms with Crippen molar-refractivity contribution in [2.75, 3.05) is 0 Å². The van der Waals surface area contributed by atoms with Crippen LogP contribution in [0.25, 0.3) is 0 Å². The molecule has 1 atom stereocenters. The van der Waals surface area contributed by atoms with Gasteiger partial charge in [0.2, 0.25) is 10.0 Å². The Balaban J connectivity index is 2.37. The van der Waals surface area contributed by atoms with Gasteiger partial charge in [-0.1, -0.05) is 13.0 Å². The molecule has 1 unspecified atom stereocenters. The first-order valence-electron chi connectivity index (χ1n) is 6.73. The van der Waals surface area contributed by atoms with E-state index in [1.54, 1.807) is 6.07 Å². The van der Waals surface area contributed by atoms with Crippen molar-refractivity contribution >= 4 is 16.0 Å². The Labute approximate surface area is 119 Å². The number of benzene rings is 1. The molecule has 5 nitrogen and oxygen atoms in total. The molecule has 1 saturated carbocycles. The first-order valence-corrected chi connectivity index (χ1v) is 8.22. The molecule has 0 bridgehead atoms. The van der Waals surface area contributed by atoms with E-state index in [2.05, 4.69) is 4.72 Å². The quantitative estimate of drug-likeness (QED) is 0.841. The number of aromatic carboxylic acids is 1. The average Bonchev–Trinajstić information content (AvgIpc) is 3.21. The number of carboxylic acid groups (broad SMARTS) is 1. The van der Waals surface area contributed by atoms with Crippen LogP contribution in [0.5, 0.6) is 0 Å². The molecular weight excluding hydrogens is 278 g/mol. The van der Waals surface area contributed by atoms with Crippen LogP contribution < -0.4 is 4.72 Å². The van der Waals surface area contributed by atoms with Crippen LogP contribution in [0.2, 0.25) is 0 Å². The SMILES string of the molecule is CCc1ccc(C(=O)O)cc1S(=O)(=O)NC(C)C1CC1. The second-order valence-corrected chi connectivity index (χ2v) is 6.91. The van der Waals surface area contributed by atoms with Gasteiger partial charge in [0.1, 0.15) is 0 Å². The summed E-state index contributed by atoms with van der Waals surface area (Å²) < 4.78 is 27.5. The largest absolute Gasteiger partial charge is 0.478 e. The third-order valence-corrected chi connectivity index (χ3v) is 5.30. The van der Waals surface area contributed by atoms with Crippen LogP contribution in [0, 0.1) is 5.92 Å². The number of carbonyl (C=O) groups is 1. The maximum atomic E-state index is 12.4. The van der Waals surface area contributed by atoms with Crippen LogP contribution in [0.15, 0.2) is 23.1 Å². The molecular formula is C14H19NO4S. The number of rotatable bonds is 6. The van der Waals surface area contributed by atoms with Crippen molar-refractivity contribution < 1.29 is 18.3 Å². The number of carboxylic acids is 1. The van der Waals surface area contributed by atoms with Gasteiger partial charge in [0.25, 0.3) is 0 Å². The Hall–Kier alpha value is -1.40. The van der Waals surface area contributed by atoms with Crippen molar-refractivity contribution in [1.29, 1.82) is 0 Å². The van der Waals surface area contributed by atoms with Crippen LogP contribution in [-0.2, 0) is 16.4 Å². The third-order valence-electron chi connectivity index (χ3n) is 3.65. The van der Waals surface area contributed by atoms with E-state index in [4.69, 9.17) is 5.11 Å². The lowest BCUT2D eigenvalue weighted by Crippen LogP contribution is -2.34. The minimum absolute atomic E-state index is 0.0124. The lowest BCUT2D eigenvalue weighted by atomic mass is 10.1. The maximum absolute atomic E-state index is 12.4. The van der Waals surface area contributed by atoms with Gasteiger partial charge in [0, 0.05) is 6.04 Å². The fourth-order valence-electron chi connectivity index (χ4n) is 2.23. The van der Waals surface area contributed by atoms with E-state index < -0.39 is 16.0 Å². The van der Waals surface area contributed by atoms with Crippen molar-refractivity contribution in [3.05, 3.63) is 29.3 Å². The molecule has 0 radical (unpaired) electrons. The average molecular weight is 297 g/mol. The van der Waals surface area contributed by atoms with Crippen LogP contribution in [-0.4, -0.2) is 25.5 Å². The van der Waals surface area contributed by atoms with E-state index >= 15 is 0 Å². The monoisotopic (exact) mass is 297 g/mol. The van der Waals surface area contributed by atoms with Crippen molar-refractivity contribution in [2.45, 2.75) is 44.0 Å². The Bertz CT molecular complexity index is 620. The highest BCUT2D eigenvalue weighted by Gasteiger charge is 2.32. The maximum Gasteiger partial charge on any atom is 0.335 e. The van der Waals surface area contributed by atoms with Crippen molar-refractivity contribution in [2.24, 2.45) is 5.92 Å². The molecule has 6 heteroatoms. The van der Waals surface area contributed by atoms with Gasteiger partial charge >= 0.3 is 5.97 Å². The van der Waals surface area contributed by atoms with E-state index in [0.29, 0.717) is 17.9 Å². The molecule has 2 N–H and O–H groups in total. The zero-order chi connectivity index (χ0) is 14.9. The molecule has 0 spiro atoms. The second kappa shape index (κ2) is 5.54. The van der Waals surface area contributed by atoms with Crippen LogP contribution in [0.3, 0.4) is 0 Å². The number of aryl methyl sites for hydroxylation is 1. The molecule has 1 aliphatic carbocycles. The predicted molar refractivity (Wildman–Crippen MR) is 75.3 cm³/mol. The lowest BCUT2D eigenvalue weighted by molar-refractivity contribution is 0.0696. The molecule has 0 aliphatic heterocycles. The van der Waals surface area contributed by atoms with Crippen molar-refractivity contribution in [1.82, 2.24) is 4.72 Å². The van der Waals surface area contributed by atoms with Gasteiger partial charge in [-0.15, -0.1) is 0 Å². The lowest BCUT2D eigenvalue weighted by Gasteiger charge is -2.16. The van der Waals surface area contributed by atoms with Crippen LogP contribution in [0.1, 0.15) is 42.6 Å². The van der Waals surface area contributed by atoms with Gasteiger partial charge in [-0.3, -0.25) is 0 Å². The first-order chi connectivity index (χ1) is 9.35. The predicted octanol–water partition coefficient (Wildman–Crippen LogP) is 2.02. The van der Waals surface area contributed by atoms with Gasteiger partial charge in [0.15, 0.2) is 0 Å². The van der Waals surface area contributed by atoms with E-state index in [-0.39, 0.29) is 16.5 Å². The Morgan fingerprint density at radius 2 is 2.10 bits per heavy atom.